The van der Waals surface area contributed by atoms with Crippen LogP contribution in [0.15, 0.2) is 30.3 Å². The molecule has 2 atom stereocenters. The molecule has 9 heteroatoms. The van der Waals surface area contributed by atoms with Crippen molar-refractivity contribution in [3.63, 3.8) is 0 Å². The predicted octanol–water partition coefficient (Wildman–Crippen LogP) is 3.90. The van der Waals surface area contributed by atoms with Crippen LogP contribution in [0.3, 0.4) is 0 Å². The molecule has 0 radical (unpaired) electrons. The second kappa shape index (κ2) is 10.9. The number of aromatic hydroxyl groups is 1. The van der Waals surface area contributed by atoms with E-state index in [0.717, 1.165) is 37.3 Å². The number of pyridine rings is 1. The fraction of sp³-hybridized carbons (Fsp3) is 0.500. The van der Waals surface area contributed by atoms with Gasteiger partial charge in [0, 0.05) is 31.9 Å². The summed E-state index contributed by atoms with van der Waals surface area (Å²) in [4.78, 5) is 33.5. The molecule has 188 valence electrons. The summed E-state index contributed by atoms with van der Waals surface area (Å²) >= 11 is 0. The molecule has 2 N–H and O–H groups in total. The number of halogens is 1. The van der Waals surface area contributed by atoms with E-state index in [1.165, 1.54) is 23.8 Å². The Balaban J connectivity index is 1.39. The number of aromatic nitrogens is 1. The van der Waals surface area contributed by atoms with Crippen molar-refractivity contribution >= 4 is 17.8 Å². The number of nitrogens with zero attached hydrogens (tertiary/aromatic N) is 3. The zero-order valence-corrected chi connectivity index (χ0v) is 20.3. The number of rotatable bonds is 9. The second-order valence-electron chi connectivity index (χ2n) is 9.30. The average Bonchev–Trinajstić information content (AvgIpc) is 3.19. The third kappa shape index (κ3) is 5.83. The van der Waals surface area contributed by atoms with Gasteiger partial charge in [-0.2, -0.15) is 0 Å². The Morgan fingerprint density at radius 3 is 2.91 bits per heavy atom. The number of benzene rings is 1. The van der Waals surface area contributed by atoms with Gasteiger partial charge in [0.05, 0.1) is 19.1 Å². The van der Waals surface area contributed by atoms with Crippen LogP contribution in [-0.4, -0.2) is 64.7 Å². The highest BCUT2D eigenvalue weighted by Gasteiger charge is 2.36. The molecule has 8 nitrogen and oxygen atoms in total. The molecule has 2 aromatic rings. The molecule has 0 saturated carbocycles. The molecule has 0 spiro atoms. The Labute approximate surface area is 205 Å². The second-order valence-corrected chi connectivity index (χ2v) is 9.30. The number of urea groups is 1. The van der Waals surface area contributed by atoms with Crippen molar-refractivity contribution in [2.45, 2.75) is 45.6 Å². The fourth-order valence-electron chi connectivity index (χ4n) is 4.77. The van der Waals surface area contributed by atoms with Crippen LogP contribution in [0.5, 0.6) is 5.75 Å². The standard InChI is InChI=1S/C26H33FN4O4/c1-3-35-24(33)15-22(18-7-9-23(32)21(27)14-18)31-12-11-30(26(31)34)10-4-5-20-8-6-19-13-17(2)16-28-25(19)29-20/h6-9,14,17,22,32H,3-5,10-13,15-16H2,1-2H3,(H,28,29)/t17?,22-/m0/s1. The van der Waals surface area contributed by atoms with Crippen molar-refractivity contribution in [3.05, 3.63) is 53.0 Å². The molecule has 1 saturated heterocycles. The zero-order chi connectivity index (χ0) is 24.9. The summed E-state index contributed by atoms with van der Waals surface area (Å²) in [5.74, 6) is -0.157. The van der Waals surface area contributed by atoms with Gasteiger partial charge in [0.15, 0.2) is 11.6 Å². The highest BCUT2D eigenvalue weighted by molar-refractivity contribution is 5.78. The molecule has 2 aliphatic heterocycles. The van der Waals surface area contributed by atoms with Gasteiger partial charge >= 0.3 is 12.0 Å². The van der Waals surface area contributed by atoms with Gasteiger partial charge in [-0.05, 0) is 61.4 Å². The van der Waals surface area contributed by atoms with E-state index in [2.05, 4.69) is 24.4 Å². The minimum Gasteiger partial charge on any atom is -0.505 e. The van der Waals surface area contributed by atoms with E-state index in [-0.39, 0.29) is 19.1 Å². The minimum atomic E-state index is -0.790. The lowest BCUT2D eigenvalue weighted by Crippen LogP contribution is -2.36. The number of aryl methyl sites for hydroxylation is 1. The number of carbonyl (C=O) groups is 2. The molecule has 1 fully saturated rings. The maximum absolute atomic E-state index is 14.0. The third-order valence-electron chi connectivity index (χ3n) is 6.61. The van der Waals surface area contributed by atoms with E-state index in [9.17, 15) is 19.1 Å². The highest BCUT2D eigenvalue weighted by Crippen LogP contribution is 2.31. The van der Waals surface area contributed by atoms with Crippen molar-refractivity contribution in [1.29, 1.82) is 0 Å². The smallest absolute Gasteiger partial charge is 0.320 e. The van der Waals surface area contributed by atoms with Gasteiger partial charge in [-0.15, -0.1) is 0 Å². The van der Waals surface area contributed by atoms with E-state index in [1.807, 2.05) is 0 Å². The molecule has 0 bridgehead atoms. The fourth-order valence-corrected chi connectivity index (χ4v) is 4.77. The van der Waals surface area contributed by atoms with E-state index in [4.69, 9.17) is 9.72 Å². The van der Waals surface area contributed by atoms with Crippen molar-refractivity contribution in [2.24, 2.45) is 5.92 Å². The number of phenols is 1. The van der Waals surface area contributed by atoms with Gasteiger partial charge in [-0.3, -0.25) is 4.79 Å². The van der Waals surface area contributed by atoms with E-state index >= 15 is 0 Å². The maximum atomic E-state index is 14.0. The van der Waals surface area contributed by atoms with Crippen LogP contribution < -0.4 is 5.32 Å². The first kappa shape index (κ1) is 24.8. The number of hydrogen-bond donors (Lipinski definition) is 2. The average molecular weight is 485 g/mol. The van der Waals surface area contributed by atoms with Crippen LogP contribution in [-0.2, 0) is 22.4 Å². The van der Waals surface area contributed by atoms with E-state index in [1.54, 1.807) is 16.7 Å². The third-order valence-corrected chi connectivity index (χ3v) is 6.61. The first-order valence-corrected chi connectivity index (χ1v) is 12.3. The SMILES string of the molecule is CCOC(=O)C[C@@H](c1ccc(O)c(F)c1)N1CCN(CCCc2ccc3c(n2)NCC(C)C3)C1=O. The summed E-state index contributed by atoms with van der Waals surface area (Å²) in [7, 11) is 0. The summed E-state index contributed by atoms with van der Waals surface area (Å²) in [6.07, 6.45) is 2.47. The number of hydrogen-bond acceptors (Lipinski definition) is 6. The summed E-state index contributed by atoms with van der Waals surface area (Å²) < 4.78 is 19.1. The van der Waals surface area contributed by atoms with Crippen LogP contribution in [0.1, 0.15) is 49.6 Å². The van der Waals surface area contributed by atoms with Gasteiger partial charge < -0.3 is 25.0 Å². The predicted molar refractivity (Wildman–Crippen MR) is 130 cm³/mol. The molecule has 1 unspecified atom stereocenters. The Morgan fingerprint density at radius 2 is 2.14 bits per heavy atom. The highest BCUT2D eigenvalue weighted by atomic mass is 19.1. The lowest BCUT2D eigenvalue weighted by Gasteiger charge is -2.28. The zero-order valence-electron chi connectivity index (χ0n) is 20.3. The van der Waals surface area contributed by atoms with Gasteiger partial charge in [-0.1, -0.05) is 19.1 Å². The Hall–Kier alpha value is -3.36. The summed E-state index contributed by atoms with van der Waals surface area (Å²) in [6, 6.07) is 7.28. The number of ether oxygens (including phenoxy) is 1. The maximum Gasteiger partial charge on any atom is 0.320 e. The largest absolute Gasteiger partial charge is 0.505 e. The van der Waals surface area contributed by atoms with E-state index < -0.39 is 23.6 Å². The molecule has 2 amide bonds. The van der Waals surface area contributed by atoms with Gasteiger partial charge in [-0.25, -0.2) is 14.2 Å². The number of nitrogens with one attached hydrogen (secondary N) is 1. The summed E-state index contributed by atoms with van der Waals surface area (Å²) in [5.41, 5.74) is 2.69. The molecule has 0 aliphatic carbocycles. The van der Waals surface area contributed by atoms with Crippen LogP contribution in [0, 0.1) is 11.7 Å². The monoisotopic (exact) mass is 484 g/mol. The molecular weight excluding hydrogens is 451 g/mol. The lowest BCUT2D eigenvalue weighted by molar-refractivity contribution is -0.144. The number of esters is 1. The Kier molecular flexibility index (Phi) is 7.73. The Bertz CT molecular complexity index is 1080. The topological polar surface area (TPSA) is 95.0 Å². The van der Waals surface area contributed by atoms with Crippen LogP contribution in [0.25, 0.3) is 0 Å². The quantitative estimate of drug-likeness (QED) is 0.525. The molecule has 3 heterocycles. The molecule has 2 aliphatic rings. The van der Waals surface area contributed by atoms with Crippen LogP contribution >= 0.6 is 0 Å². The number of anilines is 1. The molecule has 35 heavy (non-hydrogen) atoms. The van der Waals surface area contributed by atoms with Crippen molar-refractivity contribution < 1.29 is 23.8 Å². The number of fused-ring (bicyclic) bond motifs is 1. The number of amides is 2. The van der Waals surface area contributed by atoms with Gasteiger partial charge in [0.25, 0.3) is 0 Å². The molecule has 1 aromatic carbocycles. The van der Waals surface area contributed by atoms with Crippen molar-refractivity contribution in [1.82, 2.24) is 14.8 Å². The Morgan fingerprint density at radius 1 is 1.31 bits per heavy atom. The first-order chi connectivity index (χ1) is 16.9. The van der Waals surface area contributed by atoms with Crippen LogP contribution in [0.4, 0.5) is 15.0 Å². The van der Waals surface area contributed by atoms with Gasteiger partial charge in [0.2, 0.25) is 0 Å². The summed E-state index contributed by atoms with van der Waals surface area (Å²) in [6.45, 7) is 6.59. The lowest BCUT2D eigenvalue weighted by atomic mass is 9.97. The van der Waals surface area contributed by atoms with E-state index in [0.29, 0.717) is 31.1 Å². The van der Waals surface area contributed by atoms with Crippen molar-refractivity contribution in [2.75, 3.05) is 38.1 Å². The minimum absolute atomic E-state index is 0.0811. The van der Waals surface area contributed by atoms with Crippen LogP contribution in [0.2, 0.25) is 0 Å². The molecular formula is C26H33FN4O4. The number of carbonyl (C=O) groups excluding carboxylic acids is 2. The van der Waals surface area contributed by atoms with Gasteiger partial charge in [0.1, 0.15) is 5.82 Å². The molecule has 1 aromatic heterocycles. The number of phenolic OH excluding ortho intramolecular Hbond substituents is 1. The first-order valence-electron chi connectivity index (χ1n) is 12.3. The van der Waals surface area contributed by atoms with Crippen molar-refractivity contribution in [3.8, 4) is 5.75 Å². The summed E-state index contributed by atoms with van der Waals surface area (Å²) in [5, 5.41) is 12.9. The molecule has 4 rings (SSSR count). The normalized spacial score (nSPS) is 18.3.